The average molecular weight is 435 g/mol. The van der Waals surface area contributed by atoms with E-state index in [1.54, 1.807) is 24.3 Å². The molecular formula is C27H21N3O3. The first-order chi connectivity index (χ1) is 16.0. The third-order valence-electron chi connectivity index (χ3n) is 4.99. The summed E-state index contributed by atoms with van der Waals surface area (Å²) in [5.41, 5.74) is 7.78. The molecule has 3 N–H and O–H groups in total. The van der Waals surface area contributed by atoms with E-state index in [0.29, 0.717) is 17.1 Å². The van der Waals surface area contributed by atoms with E-state index in [-0.39, 0.29) is 16.7 Å². The van der Waals surface area contributed by atoms with Crippen LogP contribution in [0.15, 0.2) is 109 Å². The topological polar surface area (TPSA) is 92.5 Å². The highest BCUT2D eigenvalue weighted by Gasteiger charge is 2.22. The molecule has 0 saturated heterocycles. The van der Waals surface area contributed by atoms with E-state index in [2.05, 4.69) is 5.32 Å². The molecule has 0 radical (unpaired) electrons. The molecule has 6 nitrogen and oxygen atoms in total. The monoisotopic (exact) mass is 435 g/mol. The molecule has 0 heterocycles. The van der Waals surface area contributed by atoms with Crippen molar-refractivity contribution in [3.8, 4) is 0 Å². The van der Waals surface area contributed by atoms with Crippen LogP contribution in [0, 0.1) is 0 Å². The maximum atomic E-state index is 13.7. The molecule has 4 aromatic rings. The van der Waals surface area contributed by atoms with Gasteiger partial charge in [-0.25, -0.2) is 0 Å². The summed E-state index contributed by atoms with van der Waals surface area (Å²) >= 11 is 0. The first-order valence-electron chi connectivity index (χ1n) is 10.3. The lowest BCUT2D eigenvalue weighted by molar-refractivity contribution is 0.0998. The van der Waals surface area contributed by atoms with Crippen LogP contribution in [0.25, 0.3) is 0 Å². The number of para-hydroxylation sites is 3. The van der Waals surface area contributed by atoms with E-state index in [4.69, 9.17) is 5.73 Å². The van der Waals surface area contributed by atoms with Crippen molar-refractivity contribution in [2.45, 2.75) is 0 Å². The van der Waals surface area contributed by atoms with Crippen LogP contribution in [0.2, 0.25) is 0 Å². The van der Waals surface area contributed by atoms with Gasteiger partial charge in [-0.1, -0.05) is 54.6 Å². The van der Waals surface area contributed by atoms with Gasteiger partial charge in [0.2, 0.25) is 5.91 Å². The minimum atomic E-state index is -0.732. The molecule has 0 spiro atoms. The average Bonchev–Trinajstić information content (AvgIpc) is 2.86. The predicted molar refractivity (Wildman–Crippen MR) is 129 cm³/mol. The van der Waals surface area contributed by atoms with Gasteiger partial charge in [0, 0.05) is 33.8 Å². The summed E-state index contributed by atoms with van der Waals surface area (Å²) in [5.74, 6) is -1.59. The normalized spacial score (nSPS) is 10.3. The Balaban J connectivity index is 1.77. The molecule has 0 aliphatic heterocycles. The highest BCUT2D eigenvalue weighted by atomic mass is 16.2. The molecule has 0 aromatic heterocycles. The molecule has 4 rings (SSSR count). The number of nitrogens with two attached hydrogens (primary N) is 1. The number of amides is 3. The fourth-order valence-electron chi connectivity index (χ4n) is 3.42. The van der Waals surface area contributed by atoms with Crippen molar-refractivity contribution in [1.29, 1.82) is 0 Å². The van der Waals surface area contributed by atoms with E-state index in [1.165, 1.54) is 23.1 Å². The Bertz CT molecular complexity index is 1250. The van der Waals surface area contributed by atoms with Crippen LogP contribution < -0.4 is 16.0 Å². The van der Waals surface area contributed by atoms with Crippen LogP contribution in [0.4, 0.5) is 17.1 Å². The number of carbonyl (C=O) groups is 3. The Kier molecular flexibility index (Phi) is 6.27. The van der Waals surface area contributed by atoms with Gasteiger partial charge in [-0.2, -0.15) is 0 Å². The summed E-state index contributed by atoms with van der Waals surface area (Å²) in [4.78, 5) is 40.1. The first-order valence-corrected chi connectivity index (χ1v) is 10.3. The van der Waals surface area contributed by atoms with E-state index in [0.717, 1.165) is 0 Å². The van der Waals surface area contributed by atoms with Gasteiger partial charge in [-0.15, -0.1) is 0 Å². The second-order valence-electron chi connectivity index (χ2n) is 7.30. The van der Waals surface area contributed by atoms with E-state index in [9.17, 15) is 14.4 Å². The smallest absolute Gasteiger partial charge is 0.262 e. The second-order valence-corrected chi connectivity index (χ2v) is 7.30. The molecule has 0 atom stereocenters. The maximum Gasteiger partial charge on any atom is 0.262 e. The molecule has 0 fully saturated rings. The molecule has 4 aromatic carbocycles. The Hall–Kier alpha value is -4.71. The van der Waals surface area contributed by atoms with Crippen LogP contribution in [0.1, 0.15) is 31.1 Å². The molecule has 0 aliphatic rings. The Morgan fingerprint density at radius 1 is 0.606 bits per heavy atom. The molecule has 6 heteroatoms. The number of hydrogen-bond donors (Lipinski definition) is 2. The van der Waals surface area contributed by atoms with Crippen LogP contribution in [-0.4, -0.2) is 17.7 Å². The molecule has 0 bridgehead atoms. The molecule has 33 heavy (non-hydrogen) atoms. The number of benzene rings is 4. The summed E-state index contributed by atoms with van der Waals surface area (Å²) in [6.45, 7) is 0. The number of rotatable bonds is 6. The van der Waals surface area contributed by atoms with Gasteiger partial charge in [-0.05, 0) is 54.6 Å². The largest absolute Gasteiger partial charge is 0.366 e. The van der Waals surface area contributed by atoms with Crippen molar-refractivity contribution in [3.05, 3.63) is 126 Å². The molecule has 0 aliphatic carbocycles. The fraction of sp³-hybridized carbons (Fsp3) is 0. The zero-order valence-corrected chi connectivity index (χ0v) is 17.6. The van der Waals surface area contributed by atoms with E-state index < -0.39 is 17.7 Å². The van der Waals surface area contributed by atoms with Crippen molar-refractivity contribution in [2.24, 2.45) is 5.73 Å². The first kappa shape index (κ1) is 21.5. The van der Waals surface area contributed by atoms with E-state index >= 15 is 0 Å². The summed E-state index contributed by atoms with van der Waals surface area (Å²) in [6, 6.07) is 31.4. The number of hydrogen-bond acceptors (Lipinski definition) is 3. The van der Waals surface area contributed by atoms with Crippen LogP contribution in [-0.2, 0) is 0 Å². The van der Waals surface area contributed by atoms with Crippen molar-refractivity contribution in [1.82, 2.24) is 0 Å². The predicted octanol–water partition coefficient (Wildman–Crippen LogP) is 5.02. The summed E-state index contributed by atoms with van der Waals surface area (Å²) < 4.78 is 0. The second kappa shape index (κ2) is 9.62. The van der Waals surface area contributed by atoms with Gasteiger partial charge in [-0.3, -0.25) is 19.3 Å². The van der Waals surface area contributed by atoms with Crippen molar-refractivity contribution in [3.63, 3.8) is 0 Å². The van der Waals surface area contributed by atoms with Gasteiger partial charge < -0.3 is 11.1 Å². The van der Waals surface area contributed by atoms with Gasteiger partial charge in [0.15, 0.2) is 0 Å². The van der Waals surface area contributed by atoms with Crippen LogP contribution >= 0.6 is 0 Å². The third-order valence-corrected chi connectivity index (χ3v) is 4.99. The SMILES string of the molecule is NC(=O)c1cc(C(=O)Nc2ccccc2)cc(C(=O)N(c2ccccc2)c2ccccc2)c1. The van der Waals surface area contributed by atoms with E-state index in [1.807, 2.05) is 66.7 Å². The summed E-state index contributed by atoms with van der Waals surface area (Å²) in [6.07, 6.45) is 0. The lowest BCUT2D eigenvalue weighted by Gasteiger charge is -2.23. The minimum absolute atomic E-state index is 0.0696. The van der Waals surface area contributed by atoms with Crippen molar-refractivity contribution in [2.75, 3.05) is 10.2 Å². The Labute approximate surface area is 191 Å². The molecule has 0 unspecified atom stereocenters. The minimum Gasteiger partial charge on any atom is -0.366 e. The van der Waals surface area contributed by atoms with Gasteiger partial charge >= 0.3 is 0 Å². The fourth-order valence-corrected chi connectivity index (χ4v) is 3.42. The molecule has 3 amide bonds. The standard InChI is InChI=1S/C27H21N3O3/c28-25(31)19-16-20(26(32)29-22-10-4-1-5-11-22)18-21(17-19)27(33)30(23-12-6-2-7-13-23)24-14-8-3-9-15-24/h1-18H,(H2,28,31)(H,29,32). The quantitative estimate of drug-likeness (QED) is 0.446. The number of carbonyl (C=O) groups excluding carboxylic acids is 3. The molecule has 0 saturated carbocycles. The molecule has 162 valence electrons. The summed E-state index contributed by atoms with van der Waals surface area (Å²) in [5, 5.41) is 2.77. The number of nitrogens with zero attached hydrogens (tertiary/aromatic N) is 1. The number of anilines is 3. The van der Waals surface area contributed by atoms with Gasteiger partial charge in [0.1, 0.15) is 0 Å². The lowest BCUT2D eigenvalue weighted by atomic mass is 10.0. The summed E-state index contributed by atoms with van der Waals surface area (Å²) in [7, 11) is 0. The van der Waals surface area contributed by atoms with Crippen molar-refractivity contribution < 1.29 is 14.4 Å². The van der Waals surface area contributed by atoms with Gasteiger partial charge in [0.05, 0.1) is 0 Å². The van der Waals surface area contributed by atoms with Crippen LogP contribution in [0.5, 0.6) is 0 Å². The Morgan fingerprint density at radius 3 is 1.58 bits per heavy atom. The zero-order valence-electron chi connectivity index (χ0n) is 17.6. The highest BCUT2D eigenvalue weighted by molar-refractivity contribution is 6.14. The lowest BCUT2D eigenvalue weighted by Crippen LogP contribution is -2.27. The number of primary amides is 1. The Morgan fingerprint density at radius 2 is 1.06 bits per heavy atom. The molecular weight excluding hydrogens is 414 g/mol. The highest BCUT2D eigenvalue weighted by Crippen LogP contribution is 2.28. The number of nitrogens with one attached hydrogen (secondary N) is 1. The third kappa shape index (κ3) is 4.97. The zero-order chi connectivity index (χ0) is 23.2. The van der Waals surface area contributed by atoms with Crippen LogP contribution in [0.3, 0.4) is 0 Å². The van der Waals surface area contributed by atoms with Crippen molar-refractivity contribution >= 4 is 34.8 Å². The van der Waals surface area contributed by atoms with Gasteiger partial charge in [0.25, 0.3) is 11.8 Å². The maximum absolute atomic E-state index is 13.7.